The summed E-state index contributed by atoms with van der Waals surface area (Å²) in [6.45, 7) is 1.72. The molecule has 7 heteroatoms. The molecule has 1 rings (SSSR count). The third kappa shape index (κ3) is 2.88. The first-order valence-electron chi connectivity index (χ1n) is 4.07. The van der Waals surface area contributed by atoms with Gasteiger partial charge in [0.15, 0.2) is 0 Å². The smallest absolute Gasteiger partial charge is 0.381 e. The molecule has 0 aromatic carbocycles. The van der Waals surface area contributed by atoms with E-state index < -0.39 is 10.8 Å². The first-order chi connectivity index (χ1) is 6.02. The van der Waals surface area contributed by atoms with Gasteiger partial charge in [-0.2, -0.15) is 0 Å². The zero-order chi connectivity index (χ0) is 9.90. The minimum Gasteiger partial charge on any atom is -0.381 e. The maximum Gasteiger partial charge on any atom is 0.389 e. The number of nitro groups is 1. The minimum absolute atomic E-state index is 0.270. The van der Waals surface area contributed by atoms with Crippen molar-refractivity contribution in [2.45, 2.75) is 12.3 Å². The molecule has 1 fully saturated rings. The lowest BCUT2D eigenvalue weighted by Gasteiger charge is -2.18. The van der Waals surface area contributed by atoms with Crippen molar-refractivity contribution in [3.63, 3.8) is 0 Å². The van der Waals surface area contributed by atoms with Gasteiger partial charge in [-0.25, -0.2) is 16.8 Å². The molecule has 1 saturated heterocycles. The zero-order valence-electron chi connectivity index (χ0n) is 7.23. The summed E-state index contributed by atoms with van der Waals surface area (Å²) in [6.07, 6.45) is 0.890. The van der Waals surface area contributed by atoms with Gasteiger partial charge in [0.05, 0.1) is 11.5 Å². The van der Waals surface area contributed by atoms with Gasteiger partial charge in [-0.3, -0.25) is 10.1 Å². The second-order valence-electron chi connectivity index (χ2n) is 3.19. The summed E-state index contributed by atoms with van der Waals surface area (Å²) in [5, 5.41) is 12.8. The molecule has 0 radical (unpaired) electrons. The molecule has 0 aromatic rings. The predicted octanol–water partition coefficient (Wildman–Crippen LogP) is -1.58. The Morgan fingerprint density at radius 3 is 2.85 bits per heavy atom. The van der Waals surface area contributed by atoms with Crippen LogP contribution in [0, 0.1) is 16.0 Å². The Morgan fingerprint density at radius 2 is 2.38 bits per heavy atom. The largest absolute Gasteiger partial charge is 0.389 e. The van der Waals surface area contributed by atoms with Crippen LogP contribution in [0.4, 0.5) is 0 Å². The van der Waals surface area contributed by atoms with Gasteiger partial charge in [0.25, 0.3) is 0 Å². The van der Waals surface area contributed by atoms with Gasteiger partial charge in [-0.1, -0.05) is 0 Å². The average Bonchev–Trinajstić information content (AvgIpc) is 2.52. The maximum absolute atomic E-state index is 10.3. The molecule has 1 aliphatic heterocycles. The molecule has 0 saturated carbocycles. The van der Waals surface area contributed by atoms with Crippen LogP contribution in [0.15, 0.2) is 0 Å². The molecule has 13 heavy (non-hydrogen) atoms. The van der Waals surface area contributed by atoms with E-state index in [2.05, 4.69) is 5.32 Å². The summed E-state index contributed by atoms with van der Waals surface area (Å²) in [4.78, 5) is 9.54. The molecule has 0 aliphatic carbocycles. The molecule has 1 heterocycles. The van der Waals surface area contributed by atoms with Crippen molar-refractivity contribution in [3.8, 4) is 0 Å². The van der Waals surface area contributed by atoms with Gasteiger partial charge in [-0.15, -0.1) is 0 Å². The van der Waals surface area contributed by atoms with Crippen molar-refractivity contribution in [1.82, 2.24) is 5.32 Å². The summed E-state index contributed by atoms with van der Waals surface area (Å²) in [5.74, 6) is -1.76. The highest BCUT2D eigenvalue weighted by atomic mass is 16.6. The number of hydrogen-bond donors (Lipinski definition) is 3. The van der Waals surface area contributed by atoms with Crippen LogP contribution in [0.5, 0.6) is 0 Å². The fraction of sp³-hybridized carbons (Fsp3) is 1.00. The molecule has 5 N–H and O–H groups in total. The lowest BCUT2D eigenvalue weighted by molar-refractivity contribution is -0.576. The van der Waals surface area contributed by atoms with Crippen molar-refractivity contribution in [1.29, 1.82) is 0 Å². The fourth-order valence-corrected chi connectivity index (χ4v) is 1.12. The first kappa shape index (κ1) is 10.3. The quantitative estimate of drug-likeness (QED) is 0.280. The standard InChI is InChI=1S/C6H14N4O3/c7-6(8,10(11)12)9-3-5-1-2-13-4-5/h5,9H,1-4,7-8H2. The van der Waals surface area contributed by atoms with Crippen LogP contribution in [0.1, 0.15) is 6.42 Å². The van der Waals surface area contributed by atoms with Gasteiger partial charge >= 0.3 is 5.91 Å². The van der Waals surface area contributed by atoms with Crippen LogP contribution in [0.25, 0.3) is 0 Å². The number of nitrogens with zero attached hydrogens (tertiary/aromatic N) is 1. The zero-order valence-corrected chi connectivity index (χ0v) is 7.23. The van der Waals surface area contributed by atoms with Gasteiger partial charge in [0.2, 0.25) is 0 Å². The van der Waals surface area contributed by atoms with Crippen molar-refractivity contribution in [2.75, 3.05) is 19.8 Å². The predicted molar refractivity (Wildman–Crippen MR) is 45.0 cm³/mol. The lowest BCUT2D eigenvalue weighted by Crippen LogP contribution is -2.67. The molecule has 1 unspecified atom stereocenters. The highest BCUT2D eigenvalue weighted by Gasteiger charge is 2.33. The molecule has 1 atom stereocenters. The summed E-state index contributed by atoms with van der Waals surface area (Å²) in [6, 6.07) is 0. The molecular formula is C6H14N4O3. The van der Waals surface area contributed by atoms with E-state index in [1.54, 1.807) is 0 Å². The fourth-order valence-electron chi connectivity index (χ4n) is 1.12. The van der Waals surface area contributed by atoms with Crippen molar-refractivity contribution >= 4 is 0 Å². The van der Waals surface area contributed by atoms with Gasteiger partial charge in [0.1, 0.15) is 0 Å². The van der Waals surface area contributed by atoms with Crippen LogP contribution in [0.2, 0.25) is 0 Å². The Balaban J connectivity index is 2.28. The van der Waals surface area contributed by atoms with E-state index >= 15 is 0 Å². The highest BCUT2D eigenvalue weighted by Crippen LogP contribution is 2.10. The topological polar surface area (TPSA) is 116 Å². The Bertz CT molecular complexity index is 190. The Hall–Kier alpha value is -0.760. The van der Waals surface area contributed by atoms with E-state index in [4.69, 9.17) is 16.2 Å². The summed E-state index contributed by atoms with van der Waals surface area (Å²) < 4.78 is 5.09. The molecule has 1 aliphatic rings. The minimum atomic E-state index is -2.03. The Labute approximate surface area is 75.6 Å². The van der Waals surface area contributed by atoms with E-state index in [-0.39, 0.29) is 5.92 Å². The van der Waals surface area contributed by atoms with Crippen LogP contribution < -0.4 is 16.8 Å². The first-order valence-corrected chi connectivity index (χ1v) is 4.07. The van der Waals surface area contributed by atoms with Crippen molar-refractivity contribution < 1.29 is 9.66 Å². The molecule has 76 valence electrons. The third-order valence-corrected chi connectivity index (χ3v) is 2.00. The Kier molecular flexibility index (Phi) is 3.15. The Morgan fingerprint density at radius 1 is 1.69 bits per heavy atom. The van der Waals surface area contributed by atoms with Crippen molar-refractivity contribution in [3.05, 3.63) is 10.1 Å². The van der Waals surface area contributed by atoms with E-state index in [1.807, 2.05) is 0 Å². The van der Waals surface area contributed by atoms with E-state index in [0.717, 1.165) is 6.42 Å². The molecule has 0 bridgehead atoms. The number of nitrogens with one attached hydrogen (secondary N) is 1. The number of ether oxygens (including phenoxy) is 1. The van der Waals surface area contributed by atoms with Crippen LogP contribution in [-0.4, -0.2) is 30.6 Å². The van der Waals surface area contributed by atoms with E-state index in [1.165, 1.54) is 0 Å². The number of nitrogens with two attached hydrogens (primary N) is 2. The molecule has 7 nitrogen and oxygen atoms in total. The van der Waals surface area contributed by atoms with Gasteiger partial charge in [-0.05, 0) is 12.3 Å². The lowest BCUT2D eigenvalue weighted by atomic mass is 10.1. The summed E-state index contributed by atoms with van der Waals surface area (Å²) >= 11 is 0. The molecule has 0 spiro atoms. The number of hydrogen-bond acceptors (Lipinski definition) is 6. The third-order valence-electron chi connectivity index (χ3n) is 2.00. The highest BCUT2D eigenvalue weighted by molar-refractivity contribution is 4.69. The number of rotatable bonds is 4. The van der Waals surface area contributed by atoms with Gasteiger partial charge < -0.3 is 4.74 Å². The second kappa shape index (κ2) is 3.97. The van der Waals surface area contributed by atoms with Crippen LogP contribution >= 0.6 is 0 Å². The second-order valence-corrected chi connectivity index (χ2v) is 3.19. The van der Waals surface area contributed by atoms with Crippen LogP contribution in [-0.2, 0) is 4.74 Å². The molecule has 0 aromatic heterocycles. The molecular weight excluding hydrogens is 176 g/mol. The maximum atomic E-state index is 10.3. The van der Waals surface area contributed by atoms with Crippen LogP contribution in [0.3, 0.4) is 0 Å². The van der Waals surface area contributed by atoms with Crippen molar-refractivity contribution in [2.24, 2.45) is 17.4 Å². The van der Waals surface area contributed by atoms with Gasteiger partial charge in [0, 0.05) is 13.2 Å². The average molecular weight is 190 g/mol. The molecule has 0 amide bonds. The van der Waals surface area contributed by atoms with E-state index in [9.17, 15) is 10.1 Å². The normalized spacial score (nSPS) is 23.4. The SMILES string of the molecule is NC(N)(NCC1CCOC1)[N+](=O)[O-]. The van der Waals surface area contributed by atoms with E-state index in [0.29, 0.717) is 19.8 Å². The monoisotopic (exact) mass is 190 g/mol. The summed E-state index contributed by atoms with van der Waals surface area (Å²) in [7, 11) is 0. The summed E-state index contributed by atoms with van der Waals surface area (Å²) in [5.41, 5.74) is 10.3.